The van der Waals surface area contributed by atoms with E-state index in [0.29, 0.717) is 11.1 Å². The van der Waals surface area contributed by atoms with Crippen LogP contribution in [0.25, 0.3) is 17.0 Å². The first-order chi connectivity index (χ1) is 14.1. The monoisotopic (exact) mass is 427 g/mol. The predicted molar refractivity (Wildman–Crippen MR) is 117 cm³/mol. The predicted octanol–water partition coefficient (Wildman–Crippen LogP) is 5.15. The molecule has 0 saturated carbocycles. The summed E-state index contributed by atoms with van der Waals surface area (Å²) in [4.78, 5) is 11.9. The minimum atomic E-state index is -3.75. The van der Waals surface area contributed by atoms with Gasteiger partial charge in [0.25, 0.3) is 10.0 Å². The summed E-state index contributed by atoms with van der Waals surface area (Å²) in [5, 5.41) is 0.779. The molecule has 0 unspecified atom stereocenters. The molecule has 0 bridgehead atoms. The molecule has 0 radical (unpaired) electrons. The molecule has 0 amide bonds. The standard InChI is InChI=1S/C23H25NO5S/c1-17-11-13-19(14-12-17)30(26,27)24-16-18(20-9-5-6-10-21(20)24)8-7-15-28-22(25)29-23(2,3)4/h5-14,16H,15H2,1-4H3/b8-7+. The van der Waals surface area contributed by atoms with Crippen LogP contribution < -0.4 is 0 Å². The van der Waals surface area contributed by atoms with Crippen molar-refractivity contribution >= 4 is 33.2 Å². The lowest BCUT2D eigenvalue weighted by Gasteiger charge is -2.18. The molecule has 1 aromatic heterocycles. The summed E-state index contributed by atoms with van der Waals surface area (Å²) >= 11 is 0. The van der Waals surface area contributed by atoms with E-state index in [2.05, 4.69) is 0 Å². The van der Waals surface area contributed by atoms with E-state index in [-0.39, 0.29) is 11.5 Å². The number of nitrogens with zero attached hydrogens (tertiary/aromatic N) is 1. The van der Waals surface area contributed by atoms with Gasteiger partial charge in [-0.3, -0.25) is 0 Å². The molecular formula is C23H25NO5S. The number of carbonyl (C=O) groups is 1. The molecule has 30 heavy (non-hydrogen) atoms. The van der Waals surface area contributed by atoms with E-state index >= 15 is 0 Å². The molecular weight excluding hydrogens is 402 g/mol. The Labute approximate surface area is 176 Å². The van der Waals surface area contributed by atoms with E-state index in [0.717, 1.165) is 10.9 Å². The number of carbonyl (C=O) groups excluding carboxylic acids is 1. The smallest absolute Gasteiger partial charge is 0.430 e. The minimum Gasteiger partial charge on any atom is -0.430 e. The maximum Gasteiger partial charge on any atom is 0.509 e. The number of hydrogen-bond acceptors (Lipinski definition) is 5. The zero-order valence-electron chi connectivity index (χ0n) is 17.5. The molecule has 0 N–H and O–H groups in total. The Bertz CT molecular complexity index is 1180. The Morgan fingerprint density at radius 1 is 1.07 bits per heavy atom. The molecule has 3 rings (SSSR count). The summed E-state index contributed by atoms with van der Waals surface area (Å²) in [6.45, 7) is 7.19. The quantitative estimate of drug-likeness (QED) is 0.526. The molecule has 7 heteroatoms. The minimum absolute atomic E-state index is 0.0130. The molecule has 2 aromatic carbocycles. The number of hydrogen-bond donors (Lipinski definition) is 0. The maximum absolute atomic E-state index is 13.2. The van der Waals surface area contributed by atoms with Gasteiger partial charge in [-0.05, 0) is 52.0 Å². The van der Waals surface area contributed by atoms with E-state index in [4.69, 9.17) is 9.47 Å². The zero-order valence-corrected chi connectivity index (χ0v) is 18.3. The largest absolute Gasteiger partial charge is 0.509 e. The molecule has 158 valence electrons. The summed E-state index contributed by atoms with van der Waals surface area (Å²) in [6, 6.07) is 14.0. The Kier molecular flexibility index (Phi) is 6.03. The number of fused-ring (bicyclic) bond motifs is 1. The van der Waals surface area contributed by atoms with E-state index < -0.39 is 21.8 Å². The van der Waals surface area contributed by atoms with Crippen molar-refractivity contribution in [1.82, 2.24) is 3.97 Å². The van der Waals surface area contributed by atoms with Gasteiger partial charge in [0.1, 0.15) is 12.2 Å². The first kappa shape index (κ1) is 21.6. The van der Waals surface area contributed by atoms with E-state index in [1.54, 1.807) is 75.5 Å². The van der Waals surface area contributed by atoms with Crippen LogP contribution in [0, 0.1) is 6.92 Å². The summed E-state index contributed by atoms with van der Waals surface area (Å²) in [5.74, 6) is 0. The molecule has 0 aliphatic heterocycles. The lowest BCUT2D eigenvalue weighted by atomic mass is 10.2. The van der Waals surface area contributed by atoms with Crippen molar-refractivity contribution in [2.45, 2.75) is 38.2 Å². The molecule has 0 atom stereocenters. The van der Waals surface area contributed by atoms with Gasteiger partial charge < -0.3 is 9.47 Å². The van der Waals surface area contributed by atoms with Gasteiger partial charge in [-0.2, -0.15) is 0 Å². The third-order valence-corrected chi connectivity index (χ3v) is 5.96. The highest BCUT2D eigenvalue weighted by atomic mass is 32.2. The molecule has 0 aliphatic rings. The lowest BCUT2D eigenvalue weighted by Crippen LogP contribution is -2.24. The Balaban J connectivity index is 1.87. The molecule has 6 nitrogen and oxygen atoms in total. The second kappa shape index (κ2) is 8.36. The highest BCUT2D eigenvalue weighted by molar-refractivity contribution is 7.90. The van der Waals surface area contributed by atoms with Crippen LogP contribution in [0.2, 0.25) is 0 Å². The van der Waals surface area contributed by atoms with Gasteiger partial charge in [-0.15, -0.1) is 0 Å². The van der Waals surface area contributed by atoms with Gasteiger partial charge in [0, 0.05) is 17.1 Å². The first-order valence-corrected chi connectivity index (χ1v) is 11.0. The van der Waals surface area contributed by atoms with Crippen LogP contribution >= 0.6 is 0 Å². The first-order valence-electron chi connectivity index (χ1n) is 9.52. The van der Waals surface area contributed by atoms with Crippen molar-refractivity contribution in [2.75, 3.05) is 6.61 Å². The summed E-state index contributed by atoms with van der Waals surface area (Å²) in [7, 11) is -3.75. The molecule has 0 spiro atoms. The Hall–Kier alpha value is -3.06. The van der Waals surface area contributed by atoms with Gasteiger partial charge in [-0.25, -0.2) is 17.2 Å². The van der Waals surface area contributed by atoms with Gasteiger partial charge in [-0.1, -0.05) is 42.0 Å². The summed E-state index contributed by atoms with van der Waals surface area (Å²) < 4.78 is 37.8. The normalized spacial score (nSPS) is 12.4. The fourth-order valence-electron chi connectivity index (χ4n) is 2.90. The Morgan fingerprint density at radius 3 is 2.40 bits per heavy atom. The molecule has 0 saturated heterocycles. The molecule has 1 heterocycles. The van der Waals surface area contributed by atoms with Crippen LogP contribution in [0.15, 0.2) is 65.7 Å². The van der Waals surface area contributed by atoms with Crippen LogP contribution in [0.5, 0.6) is 0 Å². The number of rotatable bonds is 5. The van der Waals surface area contributed by atoms with Gasteiger partial charge in [0.2, 0.25) is 0 Å². The second-order valence-corrected chi connectivity index (χ2v) is 9.71. The molecule has 0 fully saturated rings. The number of ether oxygens (including phenoxy) is 2. The van der Waals surface area contributed by atoms with Crippen molar-refractivity contribution in [3.8, 4) is 0 Å². The van der Waals surface area contributed by atoms with Crippen molar-refractivity contribution < 1.29 is 22.7 Å². The fourth-order valence-corrected chi connectivity index (χ4v) is 4.28. The van der Waals surface area contributed by atoms with Gasteiger partial charge >= 0.3 is 6.16 Å². The number of aryl methyl sites for hydroxylation is 1. The van der Waals surface area contributed by atoms with E-state index in [9.17, 15) is 13.2 Å². The van der Waals surface area contributed by atoms with Crippen molar-refractivity contribution in [3.63, 3.8) is 0 Å². The average molecular weight is 428 g/mol. The SMILES string of the molecule is Cc1ccc(S(=O)(=O)n2cc(/C=C/COC(=O)OC(C)(C)C)c3ccccc32)cc1. The van der Waals surface area contributed by atoms with Gasteiger partial charge in [0.15, 0.2) is 0 Å². The third-order valence-electron chi connectivity index (χ3n) is 4.27. The van der Waals surface area contributed by atoms with Crippen LogP contribution in [-0.2, 0) is 19.5 Å². The highest BCUT2D eigenvalue weighted by Gasteiger charge is 2.20. The molecule has 3 aromatic rings. The zero-order chi connectivity index (χ0) is 21.9. The highest BCUT2D eigenvalue weighted by Crippen LogP contribution is 2.27. The van der Waals surface area contributed by atoms with Crippen molar-refractivity contribution in [1.29, 1.82) is 0 Å². The topological polar surface area (TPSA) is 74.6 Å². The summed E-state index contributed by atoms with van der Waals surface area (Å²) in [5.41, 5.74) is 1.64. The van der Waals surface area contributed by atoms with E-state index in [1.807, 2.05) is 19.1 Å². The summed E-state index contributed by atoms with van der Waals surface area (Å²) in [6.07, 6.45) is 4.20. The number of para-hydroxylation sites is 1. The van der Waals surface area contributed by atoms with Crippen LogP contribution in [0.3, 0.4) is 0 Å². The van der Waals surface area contributed by atoms with Crippen LogP contribution in [0.1, 0.15) is 31.9 Å². The third kappa shape index (κ3) is 4.91. The van der Waals surface area contributed by atoms with Crippen molar-refractivity contribution in [2.24, 2.45) is 0 Å². The Morgan fingerprint density at radius 2 is 1.73 bits per heavy atom. The van der Waals surface area contributed by atoms with Crippen LogP contribution in [0.4, 0.5) is 4.79 Å². The van der Waals surface area contributed by atoms with E-state index in [1.165, 1.54) is 3.97 Å². The van der Waals surface area contributed by atoms with Gasteiger partial charge in [0.05, 0.1) is 10.4 Å². The van der Waals surface area contributed by atoms with Crippen molar-refractivity contribution in [3.05, 3.63) is 71.9 Å². The molecule has 0 aliphatic carbocycles. The maximum atomic E-state index is 13.2. The van der Waals surface area contributed by atoms with Crippen LogP contribution in [-0.4, -0.2) is 30.8 Å². The average Bonchev–Trinajstić information content (AvgIpc) is 3.04. The lowest BCUT2D eigenvalue weighted by molar-refractivity contribution is -0.00235. The number of aromatic nitrogens is 1. The second-order valence-electron chi connectivity index (χ2n) is 7.89. The fraction of sp³-hybridized carbons (Fsp3) is 0.261. The number of benzene rings is 2.